The molecule has 3 heteroatoms. The molecule has 2 N–H and O–H groups in total. The molecular weight excluding hydrogens is 234 g/mol. The Balaban J connectivity index is 2.51. The zero-order chi connectivity index (χ0) is 13.8. The molecular formula is C16H17N3. The highest BCUT2D eigenvalue weighted by molar-refractivity contribution is 5.71. The highest BCUT2D eigenvalue weighted by atomic mass is 15.1. The van der Waals surface area contributed by atoms with Crippen molar-refractivity contribution in [3.8, 4) is 6.07 Å². The van der Waals surface area contributed by atoms with Crippen LogP contribution in [0.4, 0.5) is 11.4 Å². The first kappa shape index (κ1) is 13.1. The van der Waals surface area contributed by atoms with E-state index in [1.807, 2.05) is 67.4 Å². The van der Waals surface area contributed by atoms with E-state index >= 15 is 0 Å². The van der Waals surface area contributed by atoms with Gasteiger partial charge < -0.3 is 10.6 Å². The molecule has 0 aliphatic heterocycles. The lowest BCUT2D eigenvalue weighted by Crippen LogP contribution is -2.16. The van der Waals surface area contributed by atoms with Crippen molar-refractivity contribution < 1.29 is 0 Å². The van der Waals surface area contributed by atoms with Crippen LogP contribution < -0.4 is 10.6 Å². The summed E-state index contributed by atoms with van der Waals surface area (Å²) in [5.41, 5.74) is 9.65. The van der Waals surface area contributed by atoms with Crippen LogP contribution in [0.5, 0.6) is 0 Å². The van der Waals surface area contributed by atoms with Gasteiger partial charge in [0.05, 0.1) is 11.3 Å². The smallest absolute Gasteiger partial charge is 0.101 e. The Kier molecular flexibility index (Phi) is 3.84. The van der Waals surface area contributed by atoms with Crippen LogP contribution in [-0.4, -0.2) is 7.05 Å². The van der Waals surface area contributed by atoms with Gasteiger partial charge in [-0.15, -0.1) is 0 Å². The van der Waals surface area contributed by atoms with Gasteiger partial charge >= 0.3 is 0 Å². The molecule has 96 valence electrons. The summed E-state index contributed by atoms with van der Waals surface area (Å²) in [6.45, 7) is 1.96. The van der Waals surface area contributed by atoms with Crippen molar-refractivity contribution in [2.75, 3.05) is 11.9 Å². The van der Waals surface area contributed by atoms with Crippen LogP contribution in [0.25, 0.3) is 0 Å². The van der Waals surface area contributed by atoms with Crippen molar-refractivity contribution in [1.82, 2.24) is 0 Å². The van der Waals surface area contributed by atoms with Crippen LogP contribution in [-0.2, 0) is 0 Å². The topological polar surface area (TPSA) is 53.0 Å². The van der Waals surface area contributed by atoms with Gasteiger partial charge in [-0.25, -0.2) is 0 Å². The molecule has 0 fully saturated rings. The van der Waals surface area contributed by atoms with Crippen LogP contribution in [0.2, 0.25) is 0 Å². The lowest BCUT2D eigenvalue weighted by atomic mass is 10.0. The standard InChI is InChI=1S/C16H17N3/c1-12(18)14-8-4-6-10-16(14)19(2)15-9-5-3-7-13(15)11-17/h3-10,12H,18H2,1-2H3/t12-/m1/s1. The Morgan fingerprint density at radius 1 is 1.05 bits per heavy atom. The minimum absolute atomic E-state index is 0.0482. The lowest BCUT2D eigenvalue weighted by molar-refractivity contribution is 0.815. The predicted molar refractivity (Wildman–Crippen MR) is 78.3 cm³/mol. The number of hydrogen-bond donors (Lipinski definition) is 1. The number of benzene rings is 2. The van der Waals surface area contributed by atoms with E-state index < -0.39 is 0 Å². The van der Waals surface area contributed by atoms with Gasteiger partial charge in [-0.3, -0.25) is 0 Å². The number of nitrogens with two attached hydrogens (primary N) is 1. The van der Waals surface area contributed by atoms with Crippen LogP contribution in [0, 0.1) is 11.3 Å². The number of anilines is 2. The fourth-order valence-corrected chi connectivity index (χ4v) is 2.17. The summed E-state index contributed by atoms with van der Waals surface area (Å²) in [5, 5.41) is 9.19. The number of nitriles is 1. The Labute approximate surface area is 113 Å². The Morgan fingerprint density at radius 3 is 2.26 bits per heavy atom. The van der Waals surface area contributed by atoms with Gasteiger partial charge in [0.15, 0.2) is 0 Å². The summed E-state index contributed by atoms with van der Waals surface area (Å²) in [4.78, 5) is 2.01. The molecule has 2 aromatic rings. The molecule has 0 aromatic heterocycles. The van der Waals surface area contributed by atoms with Crippen LogP contribution in [0.15, 0.2) is 48.5 Å². The third-order valence-electron chi connectivity index (χ3n) is 3.17. The Hall–Kier alpha value is -2.31. The van der Waals surface area contributed by atoms with E-state index in [4.69, 9.17) is 5.73 Å². The predicted octanol–water partition coefficient (Wildman–Crippen LogP) is 3.35. The second-order valence-electron chi connectivity index (χ2n) is 4.54. The quantitative estimate of drug-likeness (QED) is 0.910. The molecule has 0 bridgehead atoms. The van der Waals surface area contributed by atoms with Crippen LogP contribution in [0.1, 0.15) is 24.1 Å². The maximum Gasteiger partial charge on any atom is 0.101 e. The van der Waals surface area contributed by atoms with Gasteiger partial charge in [0.2, 0.25) is 0 Å². The Bertz CT molecular complexity index is 611. The van der Waals surface area contributed by atoms with E-state index in [0.29, 0.717) is 5.56 Å². The van der Waals surface area contributed by atoms with Crippen molar-refractivity contribution in [1.29, 1.82) is 5.26 Å². The summed E-state index contributed by atoms with van der Waals surface area (Å²) in [5.74, 6) is 0. The number of nitrogens with zero attached hydrogens (tertiary/aromatic N) is 2. The minimum Gasteiger partial charge on any atom is -0.343 e. The zero-order valence-corrected chi connectivity index (χ0v) is 11.2. The third kappa shape index (κ3) is 2.59. The number of para-hydroxylation sites is 2. The molecule has 0 unspecified atom stereocenters. The van der Waals surface area contributed by atoms with Crippen LogP contribution >= 0.6 is 0 Å². The molecule has 0 amide bonds. The van der Waals surface area contributed by atoms with Crippen molar-refractivity contribution in [3.05, 3.63) is 59.7 Å². The largest absolute Gasteiger partial charge is 0.343 e. The average molecular weight is 251 g/mol. The first-order chi connectivity index (χ1) is 9.15. The molecule has 3 nitrogen and oxygen atoms in total. The van der Waals surface area contributed by atoms with E-state index in [-0.39, 0.29) is 6.04 Å². The average Bonchev–Trinajstić information content (AvgIpc) is 2.46. The highest BCUT2D eigenvalue weighted by Gasteiger charge is 2.13. The molecule has 19 heavy (non-hydrogen) atoms. The summed E-state index contributed by atoms with van der Waals surface area (Å²) in [6.07, 6.45) is 0. The molecule has 2 rings (SSSR count). The van der Waals surface area contributed by atoms with Gasteiger partial charge in [0.1, 0.15) is 6.07 Å². The first-order valence-electron chi connectivity index (χ1n) is 6.22. The maximum atomic E-state index is 9.19. The molecule has 0 aliphatic rings. The summed E-state index contributed by atoms with van der Waals surface area (Å²) >= 11 is 0. The fraction of sp³-hybridized carbons (Fsp3) is 0.188. The number of hydrogen-bond acceptors (Lipinski definition) is 3. The second kappa shape index (κ2) is 5.55. The van der Waals surface area contributed by atoms with E-state index in [1.165, 1.54) is 0 Å². The normalized spacial score (nSPS) is 11.7. The zero-order valence-electron chi connectivity index (χ0n) is 11.2. The molecule has 0 saturated heterocycles. The maximum absolute atomic E-state index is 9.19. The van der Waals surface area contributed by atoms with Crippen LogP contribution in [0.3, 0.4) is 0 Å². The molecule has 0 aliphatic carbocycles. The molecule has 0 saturated carbocycles. The van der Waals surface area contributed by atoms with Crippen molar-refractivity contribution in [3.63, 3.8) is 0 Å². The molecule has 0 heterocycles. The lowest BCUT2D eigenvalue weighted by Gasteiger charge is -2.24. The molecule has 0 spiro atoms. The van der Waals surface area contributed by atoms with E-state index in [0.717, 1.165) is 16.9 Å². The highest BCUT2D eigenvalue weighted by Crippen LogP contribution is 2.31. The van der Waals surface area contributed by atoms with Gasteiger partial charge in [0.25, 0.3) is 0 Å². The SMILES string of the molecule is C[C@@H](N)c1ccccc1N(C)c1ccccc1C#N. The summed E-state index contributed by atoms with van der Waals surface area (Å²) in [6, 6.07) is 17.7. The van der Waals surface area contributed by atoms with E-state index in [1.54, 1.807) is 0 Å². The van der Waals surface area contributed by atoms with Crippen molar-refractivity contribution >= 4 is 11.4 Å². The number of rotatable bonds is 3. The monoisotopic (exact) mass is 251 g/mol. The molecule has 0 radical (unpaired) electrons. The molecule has 2 aromatic carbocycles. The Morgan fingerprint density at radius 2 is 1.63 bits per heavy atom. The minimum atomic E-state index is -0.0482. The fourth-order valence-electron chi connectivity index (χ4n) is 2.17. The second-order valence-corrected chi connectivity index (χ2v) is 4.54. The van der Waals surface area contributed by atoms with Gasteiger partial charge in [-0.05, 0) is 30.7 Å². The van der Waals surface area contributed by atoms with Crippen molar-refractivity contribution in [2.24, 2.45) is 5.73 Å². The van der Waals surface area contributed by atoms with Gasteiger partial charge in [0, 0.05) is 18.8 Å². The van der Waals surface area contributed by atoms with E-state index in [9.17, 15) is 5.26 Å². The van der Waals surface area contributed by atoms with Gasteiger partial charge in [-0.2, -0.15) is 5.26 Å². The van der Waals surface area contributed by atoms with Crippen molar-refractivity contribution in [2.45, 2.75) is 13.0 Å². The third-order valence-corrected chi connectivity index (χ3v) is 3.17. The summed E-state index contributed by atoms with van der Waals surface area (Å²) < 4.78 is 0. The van der Waals surface area contributed by atoms with E-state index in [2.05, 4.69) is 6.07 Å². The summed E-state index contributed by atoms with van der Waals surface area (Å²) in [7, 11) is 1.96. The first-order valence-corrected chi connectivity index (χ1v) is 6.22. The molecule has 1 atom stereocenters. The van der Waals surface area contributed by atoms with Gasteiger partial charge in [-0.1, -0.05) is 30.3 Å².